The highest BCUT2D eigenvalue weighted by atomic mass is 32.1. The first-order valence-electron chi connectivity index (χ1n) is 7.99. The number of carbonyl (C=O) groups excluding carboxylic acids is 2. The molecule has 2 rings (SSSR count). The van der Waals surface area contributed by atoms with E-state index in [1.165, 1.54) is 11.3 Å². The van der Waals surface area contributed by atoms with E-state index in [1.807, 2.05) is 37.3 Å². The average molecular weight is 361 g/mol. The molecule has 0 aliphatic rings. The lowest BCUT2D eigenvalue weighted by atomic mass is 10.2. The summed E-state index contributed by atoms with van der Waals surface area (Å²) in [5, 5.41) is 5.75. The van der Waals surface area contributed by atoms with Crippen molar-refractivity contribution in [2.75, 3.05) is 5.32 Å². The Morgan fingerprint density at radius 1 is 1.20 bits per heavy atom. The van der Waals surface area contributed by atoms with Crippen LogP contribution in [0.2, 0.25) is 0 Å². The molecule has 1 atom stereocenters. The van der Waals surface area contributed by atoms with Crippen molar-refractivity contribution in [2.45, 2.75) is 46.3 Å². The van der Waals surface area contributed by atoms with Gasteiger partial charge in [0.1, 0.15) is 11.6 Å². The van der Waals surface area contributed by atoms with Gasteiger partial charge in [-0.3, -0.25) is 4.79 Å². The minimum atomic E-state index is -0.737. The Hall–Kier alpha value is -2.41. The molecule has 134 valence electrons. The number of hydrogen-bond donors (Lipinski definition) is 2. The first-order valence-corrected chi connectivity index (χ1v) is 8.80. The Kier molecular flexibility index (Phi) is 5.79. The smallest absolute Gasteiger partial charge is 0.408 e. The van der Waals surface area contributed by atoms with Gasteiger partial charge in [-0.1, -0.05) is 41.7 Å². The maximum Gasteiger partial charge on any atom is 0.408 e. The zero-order chi connectivity index (χ0) is 18.6. The zero-order valence-corrected chi connectivity index (χ0v) is 15.9. The maximum atomic E-state index is 12.3. The van der Waals surface area contributed by atoms with E-state index in [-0.39, 0.29) is 5.91 Å². The molecule has 0 saturated heterocycles. The third-order valence-corrected chi connectivity index (χ3v) is 4.31. The van der Waals surface area contributed by atoms with Gasteiger partial charge in [0.2, 0.25) is 5.91 Å². The second-order valence-electron chi connectivity index (χ2n) is 6.66. The third kappa shape index (κ3) is 5.56. The minimum Gasteiger partial charge on any atom is -0.444 e. The molecule has 0 aliphatic carbocycles. The van der Waals surface area contributed by atoms with E-state index in [0.717, 1.165) is 16.1 Å². The van der Waals surface area contributed by atoms with E-state index in [9.17, 15) is 9.59 Å². The summed E-state index contributed by atoms with van der Waals surface area (Å²) in [7, 11) is 0. The fraction of sp³-hybridized carbons (Fsp3) is 0.389. The van der Waals surface area contributed by atoms with Crippen LogP contribution >= 0.6 is 11.3 Å². The molecule has 0 fully saturated rings. The summed E-state index contributed by atoms with van der Waals surface area (Å²) in [6.45, 7) is 8.79. The number of hydrogen-bond acceptors (Lipinski definition) is 5. The van der Waals surface area contributed by atoms with Crippen molar-refractivity contribution >= 4 is 28.5 Å². The number of nitrogens with zero attached hydrogens (tertiary/aromatic N) is 1. The lowest BCUT2D eigenvalue weighted by molar-refractivity contribution is -0.117. The quantitative estimate of drug-likeness (QED) is 0.863. The van der Waals surface area contributed by atoms with Gasteiger partial charge in [0.05, 0.1) is 10.6 Å². The highest BCUT2D eigenvalue weighted by molar-refractivity contribution is 7.19. The normalized spacial score (nSPS) is 12.4. The third-order valence-electron chi connectivity index (χ3n) is 3.19. The number of ether oxygens (including phenoxy) is 1. The van der Waals surface area contributed by atoms with Crippen LogP contribution in [0, 0.1) is 6.92 Å². The molecule has 7 heteroatoms. The number of aryl methyl sites for hydroxylation is 1. The molecule has 1 aromatic heterocycles. The number of benzene rings is 1. The van der Waals surface area contributed by atoms with E-state index in [2.05, 4.69) is 15.6 Å². The summed E-state index contributed by atoms with van der Waals surface area (Å²) in [6, 6.07) is 9.13. The Morgan fingerprint density at radius 3 is 2.44 bits per heavy atom. The van der Waals surface area contributed by atoms with Gasteiger partial charge in [-0.2, -0.15) is 0 Å². The fourth-order valence-corrected chi connectivity index (χ4v) is 3.05. The Labute approximate surface area is 151 Å². The SMILES string of the molecule is Cc1nc(NC(=O)[C@@H](C)NC(=O)OC(C)(C)C)sc1-c1ccccc1. The summed E-state index contributed by atoms with van der Waals surface area (Å²) < 4.78 is 5.15. The number of nitrogens with one attached hydrogen (secondary N) is 2. The summed E-state index contributed by atoms with van der Waals surface area (Å²) in [5.41, 5.74) is 1.29. The summed E-state index contributed by atoms with van der Waals surface area (Å²) in [4.78, 5) is 29.4. The van der Waals surface area contributed by atoms with Gasteiger partial charge in [-0.05, 0) is 40.2 Å². The summed E-state index contributed by atoms with van der Waals surface area (Å²) >= 11 is 1.40. The van der Waals surface area contributed by atoms with Crippen LogP contribution in [0.5, 0.6) is 0 Å². The van der Waals surface area contributed by atoms with Gasteiger partial charge in [0, 0.05) is 0 Å². The molecule has 2 aromatic rings. The van der Waals surface area contributed by atoms with Crippen molar-refractivity contribution in [2.24, 2.45) is 0 Å². The van der Waals surface area contributed by atoms with Crippen molar-refractivity contribution in [3.63, 3.8) is 0 Å². The van der Waals surface area contributed by atoms with Crippen LogP contribution in [0.4, 0.5) is 9.93 Å². The average Bonchev–Trinajstić information content (AvgIpc) is 2.86. The van der Waals surface area contributed by atoms with Gasteiger partial charge in [-0.15, -0.1) is 0 Å². The largest absolute Gasteiger partial charge is 0.444 e. The number of rotatable bonds is 4. The molecule has 6 nitrogen and oxygen atoms in total. The topological polar surface area (TPSA) is 80.3 Å². The van der Waals surface area contributed by atoms with Gasteiger partial charge in [0.25, 0.3) is 0 Å². The number of thiazole rings is 1. The monoisotopic (exact) mass is 361 g/mol. The van der Waals surface area contributed by atoms with Crippen molar-refractivity contribution in [3.8, 4) is 10.4 Å². The molecule has 2 amide bonds. The van der Waals surface area contributed by atoms with Gasteiger partial charge in [-0.25, -0.2) is 9.78 Å². The van der Waals surface area contributed by atoms with Crippen LogP contribution in [0.15, 0.2) is 30.3 Å². The molecule has 25 heavy (non-hydrogen) atoms. The molecule has 0 bridgehead atoms. The van der Waals surface area contributed by atoms with Crippen LogP contribution < -0.4 is 10.6 Å². The standard InChI is InChI=1S/C18H23N3O3S/c1-11-14(13-9-7-6-8-10-13)25-16(19-11)21-15(22)12(2)20-17(23)24-18(3,4)5/h6-10,12H,1-5H3,(H,20,23)(H,19,21,22)/t12-/m1/s1. The zero-order valence-electron chi connectivity index (χ0n) is 15.0. The van der Waals surface area contributed by atoms with Gasteiger partial charge < -0.3 is 15.4 Å². The summed E-state index contributed by atoms with van der Waals surface area (Å²) in [5.74, 6) is -0.348. The second kappa shape index (κ2) is 7.65. The number of amides is 2. The van der Waals surface area contributed by atoms with E-state index in [0.29, 0.717) is 5.13 Å². The van der Waals surface area contributed by atoms with E-state index in [1.54, 1.807) is 27.7 Å². The Morgan fingerprint density at radius 2 is 1.84 bits per heavy atom. The maximum absolute atomic E-state index is 12.3. The predicted molar refractivity (Wildman–Crippen MR) is 99.7 cm³/mol. The Bertz CT molecular complexity index is 751. The van der Waals surface area contributed by atoms with E-state index >= 15 is 0 Å². The highest BCUT2D eigenvalue weighted by Gasteiger charge is 2.22. The first kappa shape index (κ1) is 18.9. The molecule has 0 saturated carbocycles. The molecular formula is C18H23N3O3S. The molecule has 1 heterocycles. The molecule has 2 N–H and O–H groups in total. The van der Waals surface area contributed by atoms with Gasteiger partial charge in [0.15, 0.2) is 5.13 Å². The van der Waals surface area contributed by atoms with Crippen LogP contribution in [-0.2, 0) is 9.53 Å². The molecule has 0 unspecified atom stereocenters. The van der Waals surface area contributed by atoms with Crippen LogP contribution in [0.25, 0.3) is 10.4 Å². The molecule has 0 spiro atoms. The molecular weight excluding hydrogens is 338 g/mol. The number of aromatic nitrogens is 1. The first-order chi connectivity index (χ1) is 11.7. The lowest BCUT2D eigenvalue weighted by Crippen LogP contribution is -2.43. The fourth-order valence-electron chi connectivity index (χ4n) is 2.07. The van der Waals surface area contributed by atoms with Crippen LogP contribution in [-0.4, -0.2) is 28.6 Å². The predicted octanol–water partition coefficient (Wildman–Crippen LogP) is 3.97. The second-order valence-corrected chi connectivity index (χ2v) is 7.66. The van der Waals surface area contributed by atoms with Crippen molar-refractivity contribution < 1.29 is 14.3 Å². The van der Waals surface area contributed by atoms with Crippen LogP contribution in [0.1, 0.15) is 33.4 Å². The van der Waals surface area contributed by atoms with Crippen molar-refractivity contribution in [1.29, 1.82) is 0 Å². The molecule has 1 aromatic carbocycles. The van der Waals surface area contributed by atoms with Crippen LogP contribution in [0.3, 0.4) is 0 Å². The number of carbonyl (C=O) groups is 2. The Balaban J connectivity index is 2.00. The minimum absolute atomic E-state index is 0.348. The lowest BCUT2D eigenvalue weighted by Gasteiger charge is -2.21. The van der Waals surface area contributed by atoms with Crippen molar-refractivity contribution in [3.05, 3.63) is 36.0 Å². The van der Waals surface area contributed by atoms with E-state index in [4.69, 9.17) is 4.74 Å². The highest BCUT2D eigenvalue weighted by Crippen LogP contribution is 2.32. The van der Waals surface area contributed by atoms with E-state index < -0.39 is 17.7 Å². The number of alkyl carbamates (subject to hydrolysis) is 1. The van der Waals surface area contributed by atoms with Gasteiger partial charge >= 0.3 is 6.09 Å². The number of anilines is 1. The molecule has 0 radical (unpaired) electrons. The molecule has 0 aliphatic heterocycles. The summed E-state index contributed by atoms with van der Waals surface area (Å²) in [6.07, 6.45) is -0.629. The van der Waals surface area contributed by atoms with Crippen molar-refractivity contribution in [1.82, 2.24) is 10.3 Å².